The Labute approximate surface area is 173 Å². The van der Waals surface area contributed by atoms with Crippen LogP contribution in [0.5, 0.6) is 0 Å². The van der Waals surface area contributed by atoms with E-state index in [9.17, 15) is 9.90 Å². The van der Waals surface area contributed by atoms with Gasteiger partial charge in [0, 0.05) is 25.8 Å². The summed E-state index contributed by atoms with van der Waals surface area (Å²) in [5, 5.41) is 10.2. The van der Waals surface area contributed by atoms with Crippen molar-refractivity contribution in [3.8, 4) is 0 Å². The number of hydrogen-bond donors (Lipinski definition) is 1. The Morgan fingerprint density at radius 2 is 2.07 bits per heavy atom. The highest BCUT2D eigenvalue weighted by atomic mass is 16.3. The Kier molecular flexibility index (Phi) is 7.33. The molecule has 0 aromatic heterocycles. The summed E-state index contributed by atoms with van der Waals surface area (Å²) in [5.74, 6) is -0.127. The molecular formula is C24H29N3O2. The number of aliphatic hydroxyl groups excluding tert-OH is 1. The van der Waals surface area contributed by atoms with Gasteiger partial charge < -0.3 is 10.0 Å². The Hall–Kier alpha value is -2.76. The predicted molar refractivity (Wildman–Crippen MR) is 118 cm³/mol. The van der Waals surface area contributed by atoms with Gasteiger partial charge in [-0.25, -0.2) is 0 Å². The van der Waals surface area contributed by atoms with Gasteiger partial charge in [-0.15, -0.1) is 0 Å². The van der Waals surface area contributed by atoms with Crippen LogP contribution in [0.2, 0.25) is 0 Å². The van der Waals surface area contributed by atoms with Crippen molar-refractivity contribution in [1.29, 1.82) is 0 Å². The summed E-state index contributed by atoms with van der Waals surface area (Å²) in [7, 11) is 0. The maximum absolute atomic E-state index is 12.9. The number of rotatable bonds is 7. The fourth-order valence-electron chi connectivity index (χ4n) is 4.06. The van der Waals surface area contributed by atoms with Crippen molar-refractivity contribution in [2.24, 2.45) is 10.9 Å². The quantitative estimate of drug-likeness (QED) is 0.727. The van der Waals surface area contributed by atoms with Gasteiger partial charge in [0.05, 0.1) is 31.2 Å². The summed E-state index contributed by atoms with van der Waals surface area (Å²) in [6.07, 6.45) is 11.0. The van der Waals surface area contributed by atoms with E-state index >= 15 is 0 Å². The largest absolute Gasteiger partial charge is 0.395 e. The molecule has 3 atom stereocenters. The molecule has 2 aliphatic heterocycles. The molecule has 1 amide bonds. The minimum atomic E-state index is -0.208. The van der Waals surface area contributed by atoms with Crippen molar-refractivity contribution < 1.29 is 9.90 Å². The molecular weight excluding hydrogens is 362 g/mol. The molecule has 2 heterocycles. The highest BCUT2D eigenvalue weighted by Crippen LogP contribution is 2.33. The van der Waals surface area contributed by atoms with Crippen LogP contribution in [0.3, 0.4) is 0 Å². The first-order chi connectivity index (χ1) is 14.2. The molecule has 0 spiro atoms. The van der Waals surface area contributed by atoms with Crippen molar-refractivity contribution in [3.05, 3.63) is 85.0 Å². The van der Waals surface area contributed by atoms with E-state index in [2.05, 4.69) is 35.2 Å². The normalized spacial score (nSPS) is 23.6. The Bertz CT molecular complexity index is 813. The number of allylic oxidation sites excluding steroid dienone is 3. The van der Waals surface area contributed by atoms with E-state index < -0.39 is 0 Å². The summed E-state index contributed by atoms with van der Waals surface area (Å²) in [6, 6.07) is 9.97. The van der Waals surface area contributed by atoms with Crippen LogP contribution >= 0.6 is 0 Å². The number of amides is 1. The molecule has 1 N–H and O–H groups in total. The lowest BCUT2D eigenvalue weighted by atomic mass is 9.93. The number of carbonyl (C=O) groups is 1. The minimum Gasteiger partial charge on any atom is -0.395 e. The minimum absolute atomic E-state index is 0.0235. The number of piperazine rings is 1. The highest BCUT2D eigenvalue weighted by Gasteiger charge is 2.36. The summed E-state index contributed by atoms with van der Waals surface area (Å²) in [4.78, 5) is 21.2. The second-order valence-electron chi connectivity index (χ2n) is 7.28. The lowest BCUT2D eigenvalue weighted by Crippen LogP contribution is -2.58. The lowest BCUT2D eigenvalue weighted by Gasteiger charge is -2.45. The summed E-state index contributed by atoms with van der Waals surface area (Å²) in [5.41, 5.74) is 2.15. The number of nitrogens with zero attached hydrogens (tertiary/aromatic N) is 3. The van der Waals surface area contributed by atoms with Gasteiger partial charge in [-0.2, -0.15) is 0 Å². The van der Waals surface area contributed by atoms with Crippen molar-refractivity contribution in [2.75, 3.05) is 32.8 Å². The van der Waals surface area contributed by atoms with Crippen LogP contribution in [0, 0.1) is 5.92 Å². The molecule has 1 aromatic carbocycles. The Balaban J connectivity index is 1.84. The molecule has 5 heteroatoms. The van der Waals surface area contributed by atoms with Gasteiger partial charge in [0.2, 0.25) is 5.91 Å². The van der Waals surface area contributed by atoms with E-state index in [4.69, 9.17) is 0 Å². The Morgan fingerprint density at radius 3 is 2.69 bits per heavy atom. The SMILES string of the molecule is C=C/C=C(\C=C)C(c1ccccc1)N1CCN(C(=O)C2C=CC=NC2)C[C@@H]1CO. The average molecular weight is 392 g/mol. The maximum atomic E-state index is 12.9. The summed E-state index contributed by atoms with van der Waals surface area (Å²) >= 11 is 0. The van der Waals surface area contributed by atoms with E-state index in [0.29, 0.717) is 26.2 Å². The van der Waals surface area contributed by atoms with Crippen molar-refractivity contribution in [1.82, 2.24) is 9.80 Å². The second kappa shape index (κ2) is 10.1. The van der Waals surface area contributed by atoms with E-state index in [0.717, 1.165) is 11.1 Å². The number of hydrogen-bond acceptors (Lipinski definition) is 4. The molecule has 1 saturated heterocycles. The van der Waals surface area contributed by atoms with Crippen molar-refractivity contribution in [2.45, 2.75) is 12.1 Å². The first-order valence-corrected chi connectivity index (χ1v) is 10.0. The smallest absolute Gasteiger partial charge is 0.231 e. The van der Waals surface area contributed by atoms with Crippen molar-refractivity contribution >= 4 is 12.1 Å². The molecule has 152 valence electrons. The zero-order valence-corrected chi connectivity index (χ0v) is 16.7. The zero-order valence-electron chi connectivity index (χ0n) is 16.7. The number of benzene rings is 1. The summed E-state index contributed by atoms with van der Waals surface area (Å²) in [6.45, 7) is 10.1. The van der Waals surface area contributed by atoms with Crippen LogP contribution in [-0.2, 0) is 4.79 Å². The highest BCUT2D eigenvalue weighted by molar-refractivity contribution is 5.84. The number of carbonyl (C=O) groups excluding carboxylic acids is 1. The molecule has 0 aliphatic carbocycles. The molecule has 2 aliphatic rings. The molecule has 5 nitrogen and oxygen atoms in total. The molecule has 1 fully saturated rings. The van der Waals surface area contributed by atoms with Crippen molar-refractivity contribution in [3.63, 3.8) is 0 Å². The topological polar surface area (TPSA) is 56.1 Å². The fourth-order valence-corrected chi connectivity index (χ4v) is 4.06. The number of aliphatic imine (C=N–C) groups is 1. The van der Waals surface area contributed by atoms with Crippen LogP contribution < -0.4 is 0 Å². The van der Waals surface area contributed by atoms with E-state index in [1.165, 1.54) is 0 Å². The summed E-state index contributed by atoms with van der Waals surface area (Å²) < 4.78 is 0. The third kappa shape index (κ3) is 4.81. The second-order valence-corrected chi connectivity index (χ2v) is 7.28. The molecule has 0 bridgehead atoms. The fraction of sp³-hybridized carbons (Fsp3) is 0.333. The molecule has 0 saturated carbocycles. The van der Waals surface area contributed by atoms with Crippen LogP contribution in [0.25, 0.3) is 0 Å². The molecule has 3 rings (SSSR count). The van der Waals surface area contributed by atoms with Gasteiger partial charge in [0.25, 0.3) is 0 Å². The molecule has 29 heavy (non-hydrogen) atoms. The van der Waals surface area contributed by atoms with Gasteiger partial charge in [0.15, 0.2) is 0 Å². The number of dihydropyridines is 1. The monoisotopic (exact) mass is 391 g/mol. The van der Waals surface area contributed by atoms with Gasteiger partial charge in [-0.05, 0) is 17.2 Å². The first kappa shape index (κ1) is 21.0. The maximum Gasteiger partial charge on any atom is 0.231 e. The average Bonchev–Trinajstić information content (AvgIpc) is 2.79. The van der Waals surface area contributed by atoms with E-state index in [1.54, 1.807) is 12.3 Å². The van der Waals surface area contributed by atoms with Gasteiger partial charge in [-0.1, -0.05) is 67.8 Å². The van der Waals surface area contributed by atoms with Crippen LogP contribution in [-0.4, -0.2) is 65.9 Å². The van der Waals surface area contributed by atoms with Crippen LogP contribution in [0.15, 0.2) is 84.4 Å². The van der Waals surface area contributed by atoms with Gasteiger partial charge >= 0.3 is 0 Å². The molecule has 2 unspecified atom stereocenters. The number of aliphatic hydroxyl groups is 1. The molecule has 0 radical (unpaired) electrons. The zero-order chi connectivity index (χ0) is 20.6. The predicted octanol–water partition coefficient (Wildman–Crippen LogP) is 2.79. The van der Waals surface area contributed by atoms with Crippen LogP contribution in [0.1, 0.15) is 11.6 Å². The van der Waals surface area contributed by atoms with Crippen LogP contribution in [0.4, 0.5) is 0 Å². The van der Waals surface area contributed by atoms with Gasteiger partial charge in [0.1, 0.15) is 0 Å². The van der Waals surface area contributed by atoms with E-state index in [-0.39, 0.29) is 30.5 Å². The Morgan fingerprint density at radius 1 is 1.28 bits per heavy atom. The lowest BCUT2D eigenvalue weighted by molar-refractivity contribution is -0.137. The first-order valence-electron chi connectivity index (χ1n) is 10.0. The van der Waals surface area contributed by atoms with Gasteiger partial charge in [-0.3, -0.25) is 14.7 Å². The third-order valence-electron chi connectivity index (χ3n) is 5.51. The third-order valence-corrected chi connectivity index (χ3v) is 5.51. The van der Waals surface area contributed by atoms with E-state index in [1.807, 2.05) is 47.4 Å². The standard InChI is InChI=1S/C24H29N3O2/c1-3-9-19(4-2)23(20-10-6-5-7-11-20)27-15-14-26(17-22(27)18-28)24(29)21-12-8-13-25-16-21/h3-13,21-23,28H,1-2,14-18H2/b19-9+/t21?,22-,23?/m1/s1. The molecule has 1 aromatic rings.